The normalized spacial score (nSPS) is 16.7. The van der Waals surface area contributed by atoms with Crippen LogP contribution in [0.1, 0.15) is 5.56 Å². The highest BCUT2D eigenvalue weighted by atomic mass is 16.5. The van der Waals surface area contributed by atoms with Crippen LogP contribution in [-0.2, 0) is 11.2 Å². The van der Waals surface area contributed by atoms with E-state index in [1.165, 1.54) is 4.90 Å². The van der Waals surface area contributed by atoms with Gasteiger partial charge in [0.15, 0.2) is 5.75 Å². The number of para-hydroxylation sites is 2. The Balaban J connectivity index is 1.95. The minimum absolute atomic E-state index is 0.222. The molecule has 3 rings (SSSR count). The summed E-state index contributed by atoms with van der Waals surface area (Å²) in [7, 11) is 1.66. The molecule has 0 saturated carbocycles. The highest BCUT2D eigenvalue weighted by Gasteiger charge is 2.33. The van der Waals surface area contributed by atoms with Crippen molar-refractivity contribution in [1.29, 1.82) is 0 Å². The number of carbonyl (C=O) groups is 2. The van der Waals surface area contributed by atoms with E-state index in [1.807, 2.05) is 48.5 Å². The highest BCUT2D eigenvalue weighted by molar-refractivity contribution is 6.02. The van der Waals surface area contributed by atoms with Crippen LogP contribution in [0.3, 0.4) is 0 Å². The van der Waals surface area contributed by atoms with Crippen molar-refractivity contribution in [2.45, 2.75) is 12.5 Å². The summed E-state index contributed by atoms with van der Waals surface area (Å²) in [6, 6.07) is 13.6. The topological polar surface area (TPSA) is 84.7 Å². The molecule has 0 fully saturated rings. The summed E-state index contributed by atoms with van der Waals surface area (Å²) in [5.41, 5.74) is 6.77. The van der Waals surface area contributed by atoms with Gasteiger partial charge in [-0.2, -0.15) is 0 Å². The van der Waals surface area contributed by atoms with Crippen molar-refractivity contribution in [1.82, 2.24) is 5.32 Å². The molecule has 1 unspecified atom stereocenters. The molecule has 2 aromatic carbocycles. The fraction of sp³-hybridized carbons (Fsp3) is 0.176. The fourth-order valence-electron chi connectivity index (χ4n) is 2.75. The number of rotatable bonds is 3. The zero-order valence-corrected chi connectivity index (χ0v) is 12.7. The molecule has 23 heavy (non-hydrogen) atoms. The second kappa shape index (κ2) is 6.00. The summed E-state index contributed by atoms with van der Waals surface area (Å²) in [6.07, 6.45) is 0.382. The van der Waals surface area contributed by atoms with Crippen LogP contribution in [0.25, 0.3) is 0 Å². The third-order valence-electron chi connectivity index (χ3n) is 3.76. The SMILES string of the molecule is CN1C(=O)C(NC(N)=O)Cc2cccc(Oc3ccccc3)c21. The number of amides is 3. The van der Waals surface area contributed by atoms with Gasteiger partial charge in [-0.05, 0) is 23.8 Å². The predicted octanol–water partition coefficient (Wildman–Crippen LogP) is 2.03. The van der Waals surface area contributed by atoms with E-state index in [-0.39, 0.29) is 5.91 Å². The average Bonchev–Trinajstić information content (AvgIpc) is 2.53. The minimum Gasteiger partial charge on any atom is -0.455 e. The zero-order valence-electron chi connectivity index (χ0n) is 12.7. The number of anilines is 1. The summed E-state index contributed by atoms with van der Waals surface area (Å²) >= 11 is 0. The molecule has 3 N–H and O–H groups in total. The maximum Gasteiger partial charge on any atom is 0.312 e. The quantitative estimate of drug-likeness (QED) is 0.909. The lowest BCUT2D eigenvalue weighted by molar-refractivity contribution is -0.120. The molecule has 0 spiro atoms. The molecule has 0 saturated heterocycles. The van der Waals surface area contributed by atoms with Gasteiger partial charge in [-0.25, -0.2) is 4.79 Å². The lowest BCUT2D eigenvalue weighted by Crippen LogP contribution is -2.53. The number of primary amides is 1. The molecule has 0 bridgehead atoms. The molecule has 1 aliphatic rings. The van der Waals surface area contributed by atoms with E-state index in [2.05, 4.69) is 5.32 Å². The Morgan fingerprint density at radius 1 is 1.22 bits per heavy atom. The third-order valence-corrected chi connectivity index (χ3v) is 3.76. The number of nitrogens with zero attached hydrogens (tertiary/aromatic N) is 1. The van der Waals surface area contributed by atoms with E-state index in [1.54, 1.807) is 7.05 Å². The Morgan fingerprint density at radius 3 is 2.65 bits per heavy atom. The summed E-state index contributed by atoms with van der Waals surface area (Å²) in [4.78, 5) is 25.0. The molecular formula is C17H17N3O3. The van der Waals surface area contributed by atoms with E-state index < -0.39 is 12.1 Å². The number of nitrogens with one attached hydrogen (secondary N) is 1. The number of carbonyl (C=O) groups excluding carboxylic acids is 2. The van der Waals surface area contributed by atoms with Crippen LogP contribution in [0.2, 0.25) is 0 Å². The van der Waals surface area contributed by atoms with Gasteiger partial charge < -0.3 is 20.7 Å². The highest BCUT2D eigenvalue weighted by Crippen LogP contribution is 2.38. The molecule has 2 aromatic rings. The van der Waals surface area contributed by atoms with Gasteiger partial charge in [0.2, 0.25) is 5.91 Å². The number of benzene rings is 2. The first-order valence-corrected chi connectivity index (χ1v) is 7.24. The number of fused-ring (bicyclic) bond motifs is 1. The first-order chi connectivity index (χ1) is 11.1. The van der Waals surface area contributed by atoms with Gasteiger partial charge in [-0.3, -0.25) is 4.79 Å². The summed E-state index contributed by atoms with van der Waals surface area (Å²) in [6.45, 7) is 0. The Hall–Kier alpha value is -3.02. The van der Waals surface area contributed by atoms with Crippen LogP contribution in [0.15, 0.2) is 48.5 Å². The van der Waals surface area contributed by atoms with Crippen LogP contribution in [0.4, 0.5) is 10.5 Å². The number of hydrogen-bond acceptors (Lipinski definition) is 3. The smallest absolute Gasteiger partial charge is 0.312 e. The fourth-order valence-corrected chi connectivity index (χ4v) is 2.75. The van der Waals surface area contributed by atoms with Gasteiger partial charge in [-0.1, -0.05) is 30.3 Å². The number of ether oxygens (including phenoxy) is 1. The number of hydrogen-bond donors (Lipinski definition) is 2. The van der Waals surface area contributed by atoms with E-state index in [9.17, 15) is 9.59 Å². The molecule has 6 heteroatoms. The Kier molecular flexibility index (Phi) is 3.89. The molecule has 1 heterocycles. The van der Waals surface area contributed by atoms with E-state index in [4.69, 9.17) is 10.5 Å². The second-order valence-electron chi connectivity index (χ2n) is 5.34. The van der Waals surface area contributed by atoms with Gasteiger partial charge >= 0.3 is 6.03 Å². The molecule has 0 radical (unpaired) electrons. The van der Waals surface area contributed by atoms with Crippen molar-refractivity contribution in [3.63, 3.8) is 0 Å². The molecule has 0 aromatic heterocycles. The molecule has 1 atom stereocenters. The lowest BCUT2D eigenvalue weighted by atomic mass is 9.97. The van der Waals surface area contributed by atoms with Crippen LogP contribution in [-0.4, -0.2) is 25.0 Å². The van der Waals surface area contributed by atoms with Crippen LogP contribution in [0.5, 0.6) is 11.5 Å². The Labute approximate surface area is 133 Å². The van der Waals surface area contributed by atoms with Crippen molar-refractivity contribution < 1.29 is 14.3 Å². The lowest BCUT2D eigenvalue weighted by Gasteiger charge is -2.32. The summed E-state index contributed by atoms with van der Waals surface area (Å²) < 4.78 is 5.91. The van der Waals surface area contributed by atoms with Gasteiger partial charge in [-0.15, -0.1) is 0 Å². The predicted molar refractivity (Wildman–Crippen MR) is 86.6 cm³/mol. The molecular weight excluding hydrogens is 294 g/mol. The third kappa shape index (κ3) is 2.96. The first-order valence-electron chi connectivity index (χ1n) is 7.24. The van der Waals surface area contributed by atoms with Crippen molar-refractivity contribution in [2.75, 3.05) is 11.9 Å². The van der Waals surface area contributed by atoms with Crippen molar-refractivity contribution in [3.8, 4) is 11.5 Å². The minimum atomic E-state index is -0.711. The average molecular weight is 311 g/mol. The molecule has 118 valence electrons. The van der Waals surface area contributed by atoms with Crippen LogP contribution in [0, 0.1) is 0 Å². The number of nitrogens with two attached hydrogens (primary N) is 1. The van der Waals surface area contributed by atoms with Crippen LogP contribution < -0.4 is 20.7 Å². The Bertz CT molecular complexity index is 746. The summed E-state index contributed by atoms with van der Waals surface area (Å²) in [5.74, 6) is 1.07. The zero-order chi connectivity index (χ0) is 16.4. The summed E-state index contributed by atoms with van der Waals surface area (Å²) in [5, 5.41) is 2.48. The first kappa shape index (κ1) is 14.9. The van der Waals surface area contributed by atoms with Gasteiger partial charge in [0.05, 0.1) is 5.69 Å². The number of likely N-dealkylation sites (N-methyl/N-ethyl adjacent to an activating group) is 1. The molecule has 1 aliphatic heterocycles. The monoisotopic (exact) mass is 311 g/mol. The van der Waals surface area contributed by atoms with E-state index in [0.29, 0.717) is 23.6 Å². The maximum absolute atomic E-state index is 12.4. The van der Waals surface area contributed by atoms with Gasteiger partial charge in [0, 0.05) is 13.5 Å². The van der Waals surface area contributed by atoms with Crippen molar-refractivity contribution in [2.24, 2.45) is 5.73 Å². The maximum atomic E-state index is 12.4. The number of urea groups is 1. The molecule has 6 nitrogen and oxygen atoms in total. The standard InChI is InChI=1S/C17H17N3O3/c1-20-15-11(10-13(16(20)21)19-17(18)22)6-5-9-14(15)23-12-7-3-2-4-8-12/h2-9,13H,10H2,1H3,(H3,18,19,22). The van der Waals surface area contributed by atoms with Crippen molar-refractivity contribution >= 4 is 17.6 Å². The van der Waals surface area contributed by atoms with Crippen LogP contribution >= 0.6 is 0 Å². The second-order valence-corrected chi connectivity index (χ2v) is 5.34. The van der Waals surface area contributed by atoms with Gasteiger partial charge in [0.25, 0.3) is 0 Å². The molecule has 0 aliphatic carbocycles. The molecule has 3 amide bonds. The van der Waals surface area contributed by atoms with E-state index >= 15 is 0 Å². The van der Waals surface area contributed by atoms with Gasteiger partial charge in [0.1, 0.15) is 11.8 Å². The van der Waals surface area contributed by atoms with Crippen molar-refractivity contribution in [3.05, 3.63) is 54.1 Å². The van der Waals surface area contributed by atoms with E-state index in [0.717, 1.165) is 5.56 Å². The largest absolute Gasteiger partial charge is 0.455 e. The Morgan fingerprint density at radius 2 is 1.96 bits per heavy atom.